The van der Waals surface area contributed by atoms with E-state index in [9.17, 15) is 4.79 Å². The van der Waals surface area contributed by atoms with Gasteiger partial charge in [0.2, 0.25) is 0 Å². The summed E-state index contributed by atoms with van der Waals surface area (Å²) in [7, 11) is 0. The summed E-state index contributed by atoms with van der Waals surface area (Å²) in [5.41, 5.74) is 0.961. The van der Waals surface area contributed by atoms with Crippen molar-refractivity contribution < 1.29 is 4.79 Å². The van der Waals surface area contributed by atoms with E-state index in [1.54, 1.807) is 24.4 Å². The summed E-state index contributed by atoms with van der Waals surface area (Å²) in [6.07, 6.45) is 4.01. The van der Waals surface area contributed by atoms with Crippen molar-refractivity contribution in [3.63, 3.8) is 0 Å². The molecule has 2 aromatic rings. The molecule has 0 fully saturated rings. The summed E-state index contributed by atoms with van der Waals surface area (Å²) in [4.78, 5) is 20.4. The molecule has 0 radical (unpaired) electrons. The normalized spacial score (nSPS) is 10.2. The zero-order valence-corrected chi connectivity index (χ0v) is 14.3. The molecule has 1 aromatic heterocycles. The highest BCUT2D eigenvalue weighted by Gasteiger charge is 2.10. The van der Waals surface area contributed by atoms with E-state index < -0.39 is 0 Å². The second-order valence-corrected chi connectivity index (χ2v) is 5.89. The number of carbonyl (C=O) groups excluding carboxylic acids is 1. The topological polar surface area (TPSA) is 66.9 Å². The molecule has 0 aliphatic carbocycles. The fourth-order valence-electron chi connectivity index (χ4n) is 1.57. The van der Waals surface area contributed by atoms with E-state index in [0.717, 1.165) is 16.5 Å². The van der Waals surface area contributed by atoms with Crippen LogP contribution in [0.3, 0.4) is 0 Å². The van der Waals surface area contributed by atoms with Gasteiger partial charge in [-0.3, -0.25) is 4.79 Å². The van der Waals surface area contributed by atoms with Crippen molar-refractivity contribution in [3.8, 4) is 0 Å². The molecule has 0 aliphatic rings. The standard InChI is InChI=1S/C14H14ClIN4O/c1-2-5-17-13-8-18-12(7-19-13)14(21)20-11-4-3-9(15)6-10(11)16/h3-4,6-8H,2,5H2,1H3,(H,17,19)(H,20,21). The van der Waals surface area contributed by atoms with E-state index in [4.69, 9.17) is 11.6 Å². The maximum absolute atomic E-state index is 12.1. The van der Waals surface area contributed by atoms with E-state index in [-0.39, 0.29) is 11.6 Å². The van der Waals surface area contributed by atoms with E-state index in [0.29, 0.717) is 16.5 Å². The molecule has 1 amide bonds. The van der Waals surface area contributed by atoms with Crippen molar-refractivity contribution in [3.05, 3.63) is 44.9 Å². The maximum atomic E-state index is 12.1. The number of benzene rings is 1. The van der Waals surface area contributed by atoms with Gasteiger partial charge < -0.3 is 10.6 Å². The van der Waals surface area contributed by atoms with E-state index >= 15 is 0 Å². The number of carbonyl (C=O) groups is 1. The van der Waals surface area contributed by atoms with Crippen molar-refractivity contribution in [1.29, 1.82) is 0 Å². The molecule has 7 heteroatoms. The maximum Gasteiger partial charge on any atom is 0.275 e. The molecule has 110 valence electrons. The van der Waals surface area contributed by atoms with Gasteiger partial charge in [-0.25, -0.2) is 9.97 Å². The Morgan fingerprint density at radius 2 is 2.14 bits per heavy atom. The first-order chi connectivity index (χ1) is 10.1. The molecular formula is C14H14ClIN4O. The number of nitrogens with zero attached hydrogens (tertiary/aromatic N) is 2. The Hall–Kier alpha value is -1.41. The molecule has 1 heterocycles. The average molecular weight is 417 g/mol. The average Bonchev–Trinajstić information content (AvgIpc) is 2.48. The van der Waals surface area contributed by atoms with Crippen LogP contribution >= 0.6 is 34.2 Å². The van der Waals surface area contributed by atoms with Crippen molar-refractivity contribution in [2.45, 2.75) is 13.3 Å². The Balaban J connectivity index is 2.06. The molecule has 0 bridgehead atoms. The van der Waals surface area contributed by atoms with Crippen LogP contribution in [0.25, 0.3) is 0 Å². The molecule has 1 aromatic carbocycles. The molecule has 21 heavy (non-hydrogen) atoms. The Morgan fingerprint density at radius 3 is 2.76 bits per heavy atom. The minimum Gasteiger partial charge on any atom is -0.369 e. The zero-order chi connectivity index (χ0) is 15.2. The third kappa shape index (κ3) is 4.53. The van der Waals surface area contributed by atoms with Gasteiger partial charge in [-0.1, -0.05) is 18.5 Å². The third-order valence-electron chi connectivity index (χ3n) is 2.62. The largest absolute Gasteiger partial charge is 0.369 e. The SMILES string of the molecule is CCCNc1cnc(C(=O)Nc2ccc(Cl)cc2I)cn1. The first kappa shape index (κ1) is 16.0. The number of nitrogens with one attached hydrogen (secondary N) is 2. The fourth-order valence-corrected chi connectivity index (χ4v) is 2.57. The van der Waals surface area contributed by atoms with Gasteiger partial charge in [0, 0.05) is 15.1 Å². The summed E-state index contributed by atoms with van der Waals surface area (Å²) >= 11 is 8.00. The Kier molecular flexibility index (Phi) is 5.75. The predicted octanol–water partition coefficient (Wildman–Crippen LogP) is 3.81. The smallest absolute Gasteiger partial charge is 0.275 e. The van der Waals surface area contributed by atoms with Crippen molar-refractivity contribution in [1.82, 2.24) is 9.97 Å². The highest BCUT2D eigenvalue weighted by atomic mass is 127. The van der Waals surface area contributed by atoms with Crippen molar-refractivity contribution in [2.24, 2.45) is 0 Å². The van der Waals surface area contributed by atoms with Gasteiger partial charge in [0.05, 0.1) is 18.1 Å². The van der Waals surface area contributed by atoms with Crippen LogP contribution in [0.1, 0.15) is 23.8 Å². The predicted molar refractivity (Wildman–Crippen MR) is 92.9 cm³/mol. The molecule has 2 rings (SSSR count). The monoisotopic (exact) mass is 416 g/mol. The number of hydrogen-bond donors (Lipinski definition) is 2. The molecule has 0 saturated carbocycles. The second-order valence-electron chi connectivity index (χ2n) is 4.29. The van der Waals surface area contributed by atoms with E-state index in [1.165, 1.54) is 6.20 Å². The Morgan fingerprint density at radius 1 is 1.33 bits per heavy atom. The van der Waals surface area contributed by atoms with Crippen LogP contribution in [0, 0.1) is 3.57 Å². The van der Waals surface area contributed by atoms with Gasteiger partial charge >= 0.3 is 0 Å². The molecule has 2 N–H and O–H groups in total. The highest BCUT2D eigenvalue weighted by molar-refractivity contribution is 14.1. The Labute approximate surface area is 141 Å². The number of anilines is 2. The summed E-state index contributed by atoms with van der Waals surface area (Å²) in [5, 5.41) is 6.52. The van der Waals surface area contributed by atoms with Gasteiger partial charge in [0.25, 0.3) is 5.91 Å². The van der Waals surface area contributed by atoms with Crippen LogP contribution in [0.15, 0.2) is 30.6 Å². The van der Waals surface area contributed by atoms with Crippen LogP contribution in [0.5, 0.6) is 0 Å². The number of aromatic nitrogens is 2. The van der Waals surface area contributed by atoms with E-state index in [1.807, 2.05) is 0 Å². The number of amides is 1. The van der Waals surface area contributed by atoms with Crippen molar-refractivity contribution >= 4 is 51.6 Å². The molecule has 5 nitrogen and oxygen atoms in total. The molecule has 0 saturated heterocycles. The lowest BCUT2D eigenvalue weighted by atomic mass is 10.3. The first-order valence-electron chi connectivity index (χ1n) is 6.42. The van der Waals surface area contributed by atoms with Crippen LogP contribution in [0.4, 0.5) is 11.5 Å². The minimum atomic E-state index is -0.301. The summed E-state index contributed by atoms with van der Waals surface area (Å²) < 4.78 is 0.864. The van der Waals surface area contributed by atoms with Crippen LogP contribution < -0.4 is 10.6 Å². The van der Waals surface area contributed by atoms with Gasteiger partial charge in [-0.2, -0.15) is 0 Å². The molecule has 0 spiro atoms. The lowest BCUT2D eigenvalue weighted by Crippen LogP contribution is -2.15. The van der Waals surface area contributed by atoms with Crippen molar-refractivity contribution in [2.75, 3.05) is 17.2 Å². The highest BCUT2D eigenvalue weighted by Crippen LogP contribution is 2.22. The lowest BCUT2D eigenvalue weighted by molar-refractivity contribution is 0.102. The lowest BCUT2D eigenvalue weighted by Gasteiger charge is -2.08. The third-order valence-corrected chi connectivity index (χ3v) is 3.75. The molecule has 0 unspecified atom stereocenters. The molecular weight excluding hydrogens is 403 g/mol. The van der Waals surface area contributed by atoms with Crippen LogP contribution in [-0.2, 0) is 0 Å². The van der Waals surface area contributed by atoms with Crippen LogP contribution in [-0.4, -0.2) is 22.4 Å². The number of rotatable bonds is 5. The van der Waals surface area contributed by atoms with E-state index in [2.05, 4.69) is 50.1 Å². The van der Waals surface area contributed by atoms with Gasteiger partial charge in [0.15, 0.2) is 0 Å². The Bertz CT molecular complexity index is 633. The van der Waals surface area contributed by atoms with Gasteiger partial charge in [0.1, 0.15) is 11.5 Å². The zero-order valence-electron chi connectivity index (χ0n) is 11.4. The molecule has 0 atom stereocenters. The molecule has 0 aliphatic heterocycles. The van der Waals surface area contributed by atoms with Crippen LogP contribution in [0.2, 0.25) is 5.02 Å². The fraction of sp³-hybridized carbons (Fsp3) is 0.214. The first-order valence-corrected chi connectivity index (χ1v) is 7.88. The summed E-state index contributed by atoms with van der Waals surface area (Å²) in [6, 6.07) is 5.26. The number of hydrogen-bond acceptors (Lipinski definition) is 4. The summed E-state index contributed by atoms with van der Waals surface area (Å²) in [6.45, 7) is 2.89. The minimum absolute atomic E-state index is 0.266. The number of halogens is 2. The quantitative estimate of drug-likeness (QED) is 0.728. The summed E-state index contributed by atoms with van der Waals surface area (Å²) in [5.74, 6) is 0.360. The van der Waals surface area contributed by atoms with Gasteiger partial charge in [-0.15, -0.1) is 0 Å². The second kappa shape index (κ2) is 7.56. The van der Waals surface area contributed by atoms with Gasteiger partial charge in [-0.05, 0) is 47.2 Å².